The minimum atomic E-state index is 0.581. The summed E-state index contributed by atoms with van der Waals surface area (Å²) in [6, 6.07) is 9.71. The first-order valence-electron chi connectivity index (χ1n) is 6.49. The smallest absolute Gasteiger partial charge is 0.0127 e. The number of nitrogens with one attached hydrogen (secondary N) is 1. The van der Waals surface area contributed by atoms with Crippen molar-refractivity contribution < 1.29 is 0 Å². The Bertz CT molecular complexity index is 285. The lowest BCUT2D eigenvalue weighted by atomic mass is 9.91. The van der Waals surface area contributed by atoms with Crippen LogP contribution in [-0.4, -0.2) is 13.1 Å². The number of hydrogen-bond acceptors (Lipinski definition) is 1. The maximum atomic E-state index is 3.39. The van der Waals surface area contributed by atoms with Crippen molar-refractivity contribution in [2.24, 2.45) is 0 Å². The Balaban J connectivity index is 2.72. The molecule has 16 heavy (non-hydrogen) atoms. The van der Waals surface area contributed by atoms with E-state index in [1.165, 1.54) is 30.4 Å². The van der Waals surface area contributed by atoms with E-state index in [-0.39, 0.29) is 0 Å². The first-order valence-corrected chi connectivity index (χ1v) is 6.49. The van der Waals surface area contributed by atoms with Gasteiger partial charge in [0.1, 0.15) is 0 Å². The standard InChI is InChI=1S/C15H25N/c1-5-7-13-8-10-14(11-9-13)12(3)15(6-2)16-4/h8-12,15-16H,5-7H2,1-4H3. The highest BCUT2D eigenvalue weighted by Gasteiger charge is 2.14. The largest absolute Gasteiger partial charge is 0.316 e. The number of rotatable bonds is 6. The second-order valence-electron chi connectivity index (χ2n) is 4.58. The van der Waals surface area contributed by atoms with Gasteiger partial charge in [-0.25, -0.2) is 0 Å². The van der Waals surface area contributed by atoms with Gasteiger partial charge in [-0.05, 0) is 36.9 Å². The van der Waals surface area contributed by atoms with Crippen LogP contribution in [0.3, 0.4) is 0 Å². The highest BCUT2D eigenvalue weighted by Crippen LogP contribution is 2.21. The zero-order valence-corrected chi connectivity index (χ0v) is 11.1. The van der Waals surface area contributed by atoms with Crippen molar-refractivity contribution >= 4 is 0 Å². The Morgan fingerprint density at radius 2 is 1.75 bits per heavy atom. The zero-order chi connectivity index (χ0) is 12.0. The maximum absolute atomic E-state index is 3.39. The topological polar surface area (TPSA) is 12.0 Å². The molecule has 0 amide bonds. The third-order valence-corrected chi connectivity index (χ3v) is 3.46. The predicted octanol–water partition coefficient (Wildman–Crippen LogP) is 3.74. The van der Waals surface area contributed by atoms with Crippen LogP contribution in [0.5, 0.6) is 0 Å². The molecule has 0 heterocycles. The summed E-state index contributed by atoms with van der Waals surface area (Å²) in [7, 11) is 2.05. The summed E-state index contributed by atoms with van der Waals surface area (Å²) >= 11 is 0. The molecule has 0 radical (unpaired) electrons. The van der Waals surface area contributed by atoms with E-state index < -0.39 is 0 Å². The van der Waals surface area contributed by atoms with E-state index in [0.29, 0.717) is 12.0 Å². The molecule has 0 fully saturated rings. The van der Waals surface area contributed by atoms with Gasteiger partial charge in [0.2, 0.25) is 0 Å². The number of aryl methyl sites for hydroxylation is 1. The Labute approximate surface area is 100 Å². The molecule has 1 rings (SSSR count). The van der Waals surface area contributed by atoms with E-state index in [1.54, 1.807) is 0 Å². The quantitative estimate of drug-likeness (QED) is 0.768. The van der Waals surface area contributed by atoms with Gasteiger partial charge in [-0.2, -0.15) is 0 Å². The average Bonchev–Trinajstić information content (AvgIpc) is 2.32. The molecule has 1 heteroatoms. The highest BCUT2D eigenvalue weighted by molar-refractivity contribution is 5.26. The second-order valence-corrected chi connectivity index (χ2v) is 4.58. The van der Waals surface area contributed by atoms with Gasteiger partial charge >= 0.3 is 0 Å². The summed E-state index contributed by atoms with van der Waals surface area (Å²) in [5.41, 5.74) is 2.90. The van der Waals surface area contributed by atoms with Crippen LogP contribution < -0.4 is 5.32 Å². The van der Waals surface area contributed by atoms with Crippen molar-refractivity contribution in [2.45, 2.75) is 52.0 Å². The van der Waals surface area contributed by atoms with E-state index in [0.717, 1.165) is 0 Å². The molecule has 1 aromatic carbocycles. The summed E-state index contributed by atoms with van der Waals surface area (Å²) in [5, 5.41) is 3.39. The Morgan fingerprint density at radius 1 is 1.12 bits per heavy atom. The molecule has 1 aromatic rings. The first kappa shape index (κ1) is 13.2. The summed E-state index contributed by atoms with van der Waals surface area (Å²) in [6.45, 7) is 6.77. The van der Waals surface area contributed by atoms with Crippen molar-refractivity contribution in [1.82, 2.24) is 5.32 Å². The molecule has 0 spiro atoms. The van der Waals surface area contributed by atoms with Gasteiger partial charge in [0, 0.05) is 6.04 Å². The van der Waals surface area contributed by atoms with E-state index in [1.807, 2.05) is 0 Å². The van der Waals surface area contributed by atoms with Gasteiger partial charge in [0.05, 0.1) is 0 Å². The lowest BCUT2D eigenvalue weighted by Gasteiger charge is -2.22. The van der Waals surface area contributed by atoms with Gasteiger partial charge < -0.3 is 5.32 Å². The molecule has 0 aliphatic rings. The Hall–Kier alpha value is -0.820. The minimum Gasteiger partial charge on any atom is -0.316 e. The number of likely N-dealkylation sites (N-methyl/N-ethyl adjacent to an activating group) is 1. The van der Waals surface area contributed by atoms with Gasteiger partial charge in [-0.3, -0.25) is 0 Å². The SMILES string of the molecule is CCCc1ccc(C(C)C(CC)NC)cc1. The van der Waals surface area contributed by atoms with Crippen molar-refractivity contribution in [3.05, 3.63) is 35.4 Å². The molecule has 2 unspecified atom stereocenters. The molecule has 0 aliphatic heterocycles. The summed E-state index contributed by atoms with van der Waals surface area (Å²) in [4.78, 5) is 0. The van der Waals surface area contributed by atoms with Crippen LogP contribution >= 0.6 is 0 Å². The molecular formula is C15H25N. The lowest BCUT2D eigenvalue weighted by Crippen LogP contribution is -2.29. The number of benzene rings is 1. The molecule has 0 aromatic heterocycles. The van der Waals surface area contributed by atoms with Crippen LogP contribution in [0.1, 0.15) is 50.7 Å². The van der Waals surface area contributed by atoms with Crippen LogP contribution in [-0.2, 0) is 6.42 Å². The van der Waals surface area contributed by atoms with Crippen LogP contribution in [0.15, 0.2) is 24.3 Å². The molecule has 1 nitrogen and oxygen atoms in total. The Kier molecular flexibility index (Phi) is 5.54. The Morgan fingerprint density at radius 3 is 2.19 bits per heavy atom. The van der Waals surface area contributed by atoms with Crippen molar-refractivity contribution in [1.29, 1.82) is 0 Å². The fourth-order valence-corrected chi connectivity index (χ4v) is 2.32. The van der Waals surface area contributed by atoms with Gasteiger partial charge in [-0.15, -0.1) is 0 Å². The van der Waals surface area contributed by atoms with Crippen LogP contribution in [0.25, 0.3) is 0 Å². The van der Waals surface area contributed by atoms with Gasteiger partial charge in [0.15, 0.2) is 0 Å². The van der Waals surface area contributed by atoms with E-state index in [9.17, 15) is 0 Å². The molecule has 1 N–H and O–H groups in total. The van der Waals surface area contributed by atoms with E-state index >= 15 is 0 Å². The number of hydrogen-bond donors (Lipinski definition) is 1. The van der Waals surface area contributed by atoms with Crippen LogP contribution in [0.4, 0.5) is 0 Å². The first-order chi connectivity index (χ1) is 7.72. The summed E-state index contributed by atoms with van der Waals surface area (Å²) < 4.78 is 0. The second kappa shape index (κ2) is 6.70. The maximum Gasteiger partial charge on any atom is 0.0127 e. The molecule has 90 valence electrons. The summed E-state index contributed by atoms with van der Waals surface area (Å²) in [6.07, 6.45) is 3.59. The molecule has 0 saturated carbocycles. The molecule has 2 atom stereocenters. The third kappa shape index (κ3) is 3.34. The fraction of sp³-hybridized carbons (Fsp3) is 0.600. The van der Waals surface area contributed by atoms with Crippen molar-refractivity contribution in [2.75, 3.05) is 7.05 Å². The van der Waals surface area contributed by atoms with Crippen LogP contribution in [0, 0.1) is 0 Å². The third-order valence-electron chi connectivity index (χ3n) is 3.46. The molecule has 0 aliphatic carbocycles. The summed E-state index contributed by atoms with van der Waals surface area (Å²) in [5.74, 6) is 0.589. The van der Waals surface area contributed by atoms with E-state index in [2.05, 4.69) is 57.4 Å². The van der Waals surface area contributed by atoms with Gasteiger partial charge in [0.25, 0.3) is 0 Å². The molecular weight excluding hydrogens is 194 g/mol. The normalized spacial score (nSPS) is 14.8. The monoisotopic (exact) mass is 219 g/mol. The fourth-order valence-electron chi connectivity index (χ4n) is 2.32. The zero-order valence-electron chi connectivity index (χ0n) is 11.1. The van der Waals surface area contributed by atoms with Crippen LogP contribution in [0.2, 0.25) is 0 Å². The average molecular weight is 219 g/mol. The van der Waals surface area contributed by atoms with Crippen molar-refractivity contribution in [3.8, 4) is 0 Å². The molecule has 0 saturated heterocycles. The van der Waals surface area contributed by atoms with Gasteiger partial charge in [-0.1, -0.05) is 51.5 Å². The highest BCUT2D eigenvalue weighted by atomic mass is 14.9. The minimum absolute atomic E-state index is 0.581. The molecule has 0 bridgehead atoms. The van der Waals surface area contributed by atoms with Crippen molar-refractivity contribution in [3.63, 3.8) is 0 Å². The lowest BCUT2D eigenvalue weighted by molar-refractivity contribution is 0.473. The van der Waals surface area contributed by atoms with E-state index in [4.69, 9.17) is 0 Å². The predicted molar refractivity (Wildman–Crippen MR) is 72.0 cm³/mol.